The van der Waals surface area contributed by atoms with E-state index in [1.807, 2.05) is 31.2 Å². The van der Waals surface area contributed by atoms with Crippen LogP contribution in [0.1, 0.15) is 34.0 Å². The van der Waals surface area contributed by atoms with Crippen molar-refractivity contribution in [2.45, 2.75) is 26.8 Å². The molecule has 0 bridgehead atoms. The summed E-state index contributed by atoms with van der Waals surface area (Å²) in [5, 5.41) is 5.42. The van der Waals surface area contributed by atoms with Gasteiger partial charge in [0.2, 0.25) is 5.91 Å². The van der Waals surface area contributed by atoms with Crippen LogP contribution < -0.4 is 10.6 Å². The minimum absolute atomic E-state index is 0.119. The van der Waals surface area contributed by atoms with E-state index in [0.29, 0.717) is 18.7 Å². The Balaban J connectivity index is 1.72. The topological polar surface area (TPSA) is 84.5 Å². The van der Waals surface area contributed by atoms with Gasteiger partial charge in [-0.05, 0) is 42.2 Å². The van der Waals surface area contributed by atoms with Crippen LogP contribution in [0.15, 0.2) is 48.5 Å². The highest BCUT2D eigenvalue weighted by molar-refractivity contribution is 5.91. The highest BCUT2D eigenvalue weighted by Gasteiger charge is 2.10. The van der Waals surface area contributed by atoms with Crippen molar-refractivity contribution in [2.75, 3.05) is 13.2 Å². The molecule has 2 aromatic carbocycles. The van der Waals surface area contributed by atoms with Gasteiger partial charge in [-0.3, -0.25) is 9.59 Å². The molecule has 0 fully saturated rings. The number of aryl methyl sites for hydroxylation is 1. The van der Waals surface area contributed by atoms with E-state index in [4.69, 9.17) is 4.74 Å². The number of ether oxygens (including phenoxy) is 1. The smallest absolute Gasteiger partial charge is 0.338 e. The van der Waals surface area contributed by atoms with Crippen molar-refractivity contribution in [2.24, 2.45) is 0 Å². The zero-order valence-electron chi connectivity index (χ0n) is 15.6. The Kier molecular flexibility index (Phi) is 7.55. The number of hydrogen-bond acceptors (Lipinski definition) is 4. The lowest BCUT2D eigenvalue weighted by Crippen LogP contribution is -2.30. The molecule has 0 aliphatic heterocycles. The lowest BCUT2D eigenvalue weighted by Gasteiger charge is -2.08. The Morgan fingerprint density at radius 3 is 2.33 bits per heavy atom. The second kappa shape index (κ2) is 10.1. The Labute approximate surface area is 158 Å². The van der Waals surface area contributed by atoms with Gasteiger partial charge in [-0.25, -0.2) is 4.79 Å². The van der Waals surface area contributed by atoms with Crippen LogP contribution in [0.5, 0.6) is 0 Å². The first-order valence-corrected chi connectivity index (χ1v) is 8.77. The van der Waals surface area contributed by atoms with Crippen molar-refractivity contribution >= 4 is 17.8 Å². The van der Waals surface area contributed by atoms with Gasteiger partial charge >= 0.3 is 5.97 Å². The molecule has 0 aliphatic carbocycles. The predicted octanol–water partition coefficient (Wildman–Crippen LogP) is 2.15. The summed E-state index contributed by atoms with van der Waals surface area (Å²) in [6.45, 7) is 4.03. The molecule has 0 spiro atoms. The summed E-state index contributed by atoms with van der Waals surface area (Å²) in [5.41, 5.74) is 3.58. The molecule has 0 unspecified atom stereocenters. The van der Waals surface area contributed by atoms with Crippen LogP contribution in [0.2, 0.25) is 0 Å². The maximum absolute atomic E-state index is 12.0. The molecule has 0 aliphatic rings. The van der Waals surface area contributed by atoms with Crippen LogP contribution >= 0.6 is 0 Å². The second-order valence-corrected chi connectivity index (χ2v) is 6.21. The molecule has 2 rings (SSSR count). The quantitative estimate of drug-likeness (QED) is 0.699. The van der Waals surface area contributed by atoms with Crippen molar-refractivity contribution in [3.8, 4) is 0 Å². The largest absolute Gasteiger partial charge is 0.452 e. The summed E-state index contributed by atoms with van der Waals surface area (Å²) in [6.07, 6.45) is 0.724. The highest BCUT2D eigenvalue weighted by atomic mass is 16.5. The molecule has 142 valence electrons. The van der Waals surface area contributed by atoms with E-state index < -0.39 is 5.97 Å². The normalized spacial score (nSPS) is 10.1. The van der Waals surface area contributed by atoms with Gasteiger partial charge in [0, 0.05) is 20.0 Å². The molecule has 6 heteroatoms. The van der Waals surface area contributed by atoms with Gasteiger partial charge in [-0.1, -0.05) is 36.4 Å². The number of carbonyl (C=O) groups excluding carboxylic acids is 3. The molecule has 2 N–H and O–H groups in total. The fourth-order valence-electron chi connectivity index (χ4n) is 2.48. The SMILES string of the molecule is CC(=O)NCc1ccc(C(=O)OCC(=O)NCCc2ccccc2C)cc1. The molecule has 0 radical (unpaired) electrons. The highest BCUT2D eigenvalue weighted by Crippen LogP contribution is 2.07. The summed E-state index contributed by atoms with van der Waals surface area (Å²) in [7, 11) is 0. The third kappa shape index (κ3) is 6.93. The van der Waals surface area contributed by atoms with Crippen molar-refractivity contribution in [1.82, 2.24) is 10.6 Å². The fraction of sp³-hybridized carbons (Fsp3) is 0.286. The van der Waals surface area contributed by atoms with E-state index in [9.17, 15) is 14.4 Å². The minimum atomic E-state index is -0.560. The molecule has 0 saturated heterocycles. The number of rotatable bonds is 8. The van der Waals surface area contributed by atoms with Gasteiger partial charge in [0.1, 0.15) is 0 Å². The summed E-state index contributed by atoms with van der Waals surface area (Å²) >= 11 is 0. The summed E-state index contributed by atoms with van der Waals surface area (Å²) < 4.78 is 5.03. The van der Waals surface area contributed by atoms with Gasteiger partial charge < -0.3 is 15.4 Å². The molecular weight excluding hydrogens is 344 g/mol. The first kappa shape index (κ1) is 20.2. The fourth-order valence-corrected chi connectivity index (χ4v) is 2.48. The lowest BCUT2D eigenvalue weighted by atomic mass is 10.1. The molecule has 27 heavy (non-hydrogen) atoms. The third-order valence-corrected chi connectivity index (χ3v) is 4.04. The van der Waals surface area contributed by atoms with Crippen LogP contribution in [-0.2, 0) is 27.3 Å². The number of esters is 1. The summed E-state index contributed by atoms with van der Waals surface area (Å²) in [5.74, 6) is -1.01. The maximum atomic E-state index is 12.0. The van der Waals surface area contributed by atoms with Crippen LogP contribution in [0.3, 0.4) is 0 Å². The minimum Gasteiger partial charge on any atom is -0.452 e. The Morgan fingerprint density at radius 1 is 0.963 bits per heavy atom. The van der Waals surface area contributed by atoms with Gasteiger partial charge in [0.15, 0.2) is 6.61 Å². The van der Waals surface area contributed by atoms with Crippen LogP contribution in [0.25, 0.3) is 0 Å². The van der Waals surface area contributed by atoms with Gasteiger partial charge in [-0.15, -0.1) is 0 Å². The first-order chi connectivity index (χ1) is 13.0. The Bertz CT molecular complexity index is 800. The molecular formula is C21H24N2O4. The molecule has 0 atom stereocenters. The average molecular weight is 368 g/mol. The predicted molar refractivity (Wildman–Crippen MR) is 102 cm³/mol. The standard InChI is InChI=1S/C21H24N2O4/c1-15-5-3-4-6-18(15)11-12-22-20(25)14-27-21(26)19-9-7-17(8-10-19)13-23-16(2)24/h3-10H,11-14H2,1-2H3,(H,22,25)(H,23,24). The van der Waals surface area contributed by atoms with Crippen LogP contribution in [0.4, 0.5) is 0 Å². The van der Waals surface area contributed by atoms with Gasteiger partial charge in [0.05, 0.1) is 5.56 Å². The van der Waals surface area contributed by atoms with Crippen molar-refractivity contribution in [3.63, 3.8) is 0 Å². The van der Waals surface area contributed by atoms with E-state index in [1.54, 1.807) is 24.3 Å². The number of hydrogen-bond donors (Lipinski definition) is 2. The molecule has 2 aromatic rings. The van der Waals surface area contributed by atoms with Crippen molar-refractivity contribution < 1.29 is 19.1 Å². The Hall–Kier alpha value is -3.15. The zero-order chi connectivity index (χ0) is 19.6. The second-order valence-electron chi connectivity index (χ2n) is 6.21. The van der Waals surface area contributed by atoms with E-state index in [0.717, 1.165) is 12.0 Å². The van der Waals surface area contributed by atoms with Gasteiger partial charge in [0.25, 0.3) is 5.91 Å². The third-order valence-electron chi connectivity index (χ3n) is 4.04. The van der Waals surface area contributed by atoms with Crippen LogP contribution in [-0.4, -0.2) is 30.9 Å². The zero-order valence-corrected chi connectivity index (χ0v) is 15.6. The first-order valence-electron chi connectivity index (χ1n) is 8.77. The van der Waals surface area contributed by atoms with Gasteiger partial charge in [-0.2, -0.15) is 0 Å². The van der Waals surface area contributed by atoms with Crippen molar-refractivity contribution in [1.29, 1.82) is 0 Å². The molecule has 2 amide bonds. The average Bonchev–Trinajstić information content (AvgIpc) is 2.66. The maximum Gasteiger partial charge on any atom is 0.338 e. The number of nitrogens with one attached hydrogen (secondary N) is 2. The lowest BCUT2D eigenvalue weighted by molar-refractivity contribution is -0.124. The summed E-state index contributed by atoms with van der Waals surface area (Å²) in [6, 6.07) is 14.7. The number of carbonyl (C=O) groups is 3. The molecule has 0 saturated carbocycles. The Morgan fingerprint density at radius 2 is 1.67 bits per heavy atom. The van der Waals surface area contributed by atoms with Crippen LogP contribution in [0, 0.1) is 6.92 Å². The number of benzene rings is 2. The monoisotopic (exact) mass is 368 g/mol. The number of amides is 2. The van der Waals surface area contributed by atoms with E-state index in [2.05, 4.69) is 10.6 Å². The summed E-state index contributed by atoms with van der Waals surface area (Å²) in [4.78, 5) is 34.7. The van der Waals surface area contributed by atoms with E-state index >= 15 is 0 Å². The van der Waals surface area contributed by atoms with E-state index in [1.165, 1.54) is 18.1 Å². The molecule has 0 aromatic heterocycles. The van der Waals surface area contributed by atoms with Crippen molar-refractivity contribution in [3.05, 3.63) is 70.8 Å². The van der Waals surface area contributed by atoms with E-state index in [-0.39, 0.29) is 18.4 Å². The molecule has 0 heterocycles. The molecule has 6 nitrogen and oxygen atoms in total.